The molecular weight excluding hydrogens is 876 g/mol. The van der Waals surface area contributed by atoms with Crippen LogP contribution in [-0.4, -0.2) is 130 Å². The first-order chi connectivity index (χ1) is 31.9. The van der Waals surface area contributed by atoms with E-state index in [1.165, 1.54) is 0 Å². The Balaban J connectivity index is 0.700. The van der Waals surface area contributed by atoms with E-state index in [1.807, 2.05) is 42.5 Å². The van der Waals surface area contributed by atoms with Crippen LogP contribution in [0.5, 0.6) is 0 Å². The van der Waals surface area contributed by atoms with Crippen molar-refractivity contribution in [2.24, 2.45) is 16.1 Å². The highest BCUT2D eigenvalue weighted by molar-refractivity contribution is 7.13. The van der Waals surface area contributed by atoms with E-state index in [-0.39, 0.29) is 47.0 Å². The second kappa shape index (κ2) is 20.7. The molecule has 8 rings (SSSR count). The number of carbonyl (C=O) groups excluding carboxylic acids is 3. The number of ether oxygens (including phenoxy) is 1. The van der Waals surface area contributed by atoms with Gasteiger partial charge >= 0.3 is 0 Å². The van der Waals surface area contributed by atoms with Crippen LogP contribution in [0.3, 0.4) is 0 Å². The molecule has 0 aliphatic carbocycles. The summed E-state index contributed by atoms with van der Waals surface area (Å²) in [6, 6.07) is 15.9. The first-order valence-corrected chi connectivity index (χ1v) is 23.8. The topological polar surface area (TPSA) is 210 Å². The Labute approximate surface area is 394 Å². The van der Waals surface area contributed by atoms with Gasteiger partial charge in [0.15, 0.2) is 0 Å². The molecule has 3 saturated heterocycles. The van der Waals surface area contributed by atoms with Gasteiger partial charge in [0.05, 0.1) is 45.5 Å². The number of thiazole rings is 1. The van der Waals surface area contributed by atoms with Gasteiger partial charge in [0.25, 0.3) is 5.91 Å². The van der Waals surface area contributed by atoms with Crippen molar-refractivity contribution in [3.05, 3.63) is 111 Å². The zero-order valence-electron chi connectivity index (χ0n) is 37.6. The summed E-state index contributed by atoms with van der Waals surface area (Å²) in [6.45, 7) is 13.2. The minimum absolute atomic E-state index is 0.00281. The Bertz CT molecular complexity index is 2540. The van der Waals surface area contributed by atoms with E-state index in [2.05, 4.69) is 71.1 Å². The number of aromatic amines is 1. The third-order valence-corrected chi connectivity index (χ3v) is 14.3. The minimum atomic E-state index is -0.453. The van der Waals surface area contributed by atoms with Crippen molar-refractivity contribution < 1.29 is 19.1 Å². The highest BCUT2D eigenvalue weighted by Crippen LogP contribution is 2.50. The number of H-pyrrole nitrogens is 1. The van der Waals surface area contributed by atoms with Crippen LogP contribution in [0.2, 0.25) is 5.02 Å². The minimum Gasteiger partial charge on any atom is -0.398 e. The van der Waals surface area contributed by atoms with Gasteiger partial charge in [0.2, 0.25) is 11.8 Å². The summed E-state index contributed by atoms with van der Waals surface area (Å²) in [5, 5.41) is 26.0. The number of halogens is 1. The summed E-state index contributed by atoms with van der Waals surface area (Å²) in [7, 11) is 0. The first kappa shape index (κ1) is 46.6. The number of nitrogens with zero attached hydrogens (tertiary/aromatic N) is 7. The number of hydrogen-bond donors (Lipinski definition) is 5. The summed E-state index contributed by atoms with van der Waals surface area (Å²) in [4.78, 5) is 56.8. The molecule has 6 N–H and O–H groups in total. The normalized spacial score (nSPS) is 22.5. The summed E-state index contributed by atoms with van der Waals surface area (Å²) in [6.07, 6.45) is 7.86. The second-order valence-electron chi connectivity index (χ2n) is 17.8. The van der Waals surface area contributed by atoms with Gasteiger partial charge in [0.1, 0.15) is 23.8 Å². The number of benzene rings is 2. The largest absolute Gasteiger partial charge is 0.398 e. The maximum absolute atomic E-state index is 13.9. The molecule has 0 saturated carbocycles. The lowest BCUT2D eigenvalue weighted by atomic mass is 9.79. The van der Waals surface area contributed by atoms with Crippen molar-refractivity contribution in [3.63, 3.8) is 0 Å². The predicted octanol–water partition coefficient (Wildman–Crippen LogP) is 4.63. The molecule has 5 atom stereocenters. The molecule has 18 heteroatoms. The van der Waals surface area contributed by atoms with E-state index in [0.29, 0.717) is 54.6 Å². The maximum atomic E-state index is 13.9. The molecule has 2 aromatic heterocycles. The molecular formula is C48H57ClN12O4S. The molecule has 0 spiro atoms. The molecule has 0 bridgehead atoms. The third-order valence-electron chi connectivity index (χ3n) is 13.1. The Kier molecular flexibility index (Phi) is 14.6. The molecule has 4 aliphatic rings. The fraction of sp³-hybridized carbons (Fsp3) is 0.438. The van der Waals surface area contributed by atoms with Gasteiger partial charge in [-0.3, -0.25) is 29.4 Å². The summed E-state index contributed by atoms with van der Waals surface area (Å²) in [5.74, 6) is -0.370. The van der Waals surface area contributed by atoms with Gasteiger partial charge < -0.3 is 36.2 Å². The van der Waals surface area contributed by atoms with Crippen molar-refractivity contribution in [1.29, 1.82) is 5.26 Å². The molecule has 4 aromatic rings. The average Bonchev–Trinajstić information content (AvgIpc) is 4.16. The number of fused-ring (bicyclic) bond motifs is 3. The van der Waals surface area contributed by atoms with Gasteiger partial charge in [-0.1, -0.05) is 54.9 Å². The number of nitrogens with two attached hydrogens (primary N) is 1. The standard InChI is InChI=1S/C48H57ClN12O4S/c1-30(25-52-14-13-39(51)34-9-10-35(24-50)38(49)21-34)55-45(62)40-22-36(57-58-40)28-65-20-4-15-59-16-18-60(19-17-59)27-37-23-48(3)42-12-11-41(61(42)47(64)44(48)56-37)46(63)53-26-32-5-7-33(8-6-32)43-31(2)54-29-66-43/h5-10,13-14,21-23,29-30,41-42,44,56H,4,11-12,15-20,25-28,51H2,1-3H3,(H,53,63)(H,55,62)(H,57,58)/t30-,41-,42?,44+,48?/m0/s1. The highest BCUT2D eigenvalue weighted by atomic mass is 35.5. The molecule has 2 unspecified atom stereocenters. The van der Waals surface area contributed by atoms with E-state index < -0.39 is 6.04 Å². The quantitative estimate of drug-likeness (QED) is 0.0686. The monoisotopic (exact) mass is 932 g/mol. The number of aliphatic imine (C=N–C) groups is 1. The summed E-state index contributed by atoms with van der Waals surface area (Å²) >= 11 is 7.72. The van der Waals surface area contributed by atoms with Crippen molar-refractivity contribution in [1.82, 2.24) is 45.8 Å². The van der Waals surface area contributed by atoms with Crippen molar-refractivity contribution in [3.8, 4) is 16.5 Å². The molecule has 6 heterocycles. The number of aromatic nitrogens is 3. The number of aryl methyl sites for hydroxylation is 1. The van der Waals surface area contributed by atoms with Crippen LogP contribution >= 0.6 is 22.9 Å². The molecule has 16 nitrogen and oxygen atoms in total. The summed E-state index contributed by atoms with van der Waals surface area (Å²) in [5.41, 5.74) is 14.4. The van der Waals surface area contributed by atoms with Crippen molar-refractivity contribution in [2.75, 3.05) is 52.4 Å². The first-order valence-electron chi connectivity index (χ1n) is 22.5. The van der Waals surface area contributed by atoms with Gasteiger partial charge in [-0.15, -0.1) is 11.3 Å². The number of rotatable bonds is 18. The average molecular weight is 934 g/mol. The SMILES string of the molecule is Cc1ncsc1-c1ccc(CNC(=O)[C@@H]2CCC3N2C(=O)[C@H]2NC(CN4CCN(CCCOCc5cc(C(=O)N[C@@H](C)CN=CC=C(N)c6ccc(C#N)c(Cl)c6)n[nH]5)CC4)=CC32C)cc1. The number of nitriles is 1. The van der Waals surface area contributed by atoms with Crippen LogP contribution in [0.4, 0.5) is 0 Å². The number of nitrogens with one attached hydrogen (secondary N) is 4. The molecule has 3 amide bonds. The van der Waals surface area contributed by atoms with E-state index in [9.17, 15) is 14.4 Å². The van der Waals surface area contributed by atoms with Gasteiger partial charge in [-0.05, 0) is 74.1 Å². The van der Waals surface area contributed by atoms with Crippen LogP contribution in [0, 0.1) is 23.7 Å². The molecule has 66 heavy (non-hydrogen) atoms. The van der Waals surface area contributed by atoms with Crippen molar-refractivity contribution >= 4 is 52.6 Å². The van der Waals surface area contributed by atoms with E-state index in [1.54, 1.807) is 47.9 Å². The molecule has 4 aliphatic heterocycles. The number of amides is 3. The fourth-order valence-electron chi connectivity index (χ4n) is 9.46. The molecule has 346 valence electrons. The number of piperazine rings is 1. The Hall–Kier alpha value is -5.90. The Morgan fingerprint density at radius 1 is 1.15 bits per heavy atom. The number of hydrogen-bond acceptors (Lipinski definition) is 13. The summed E-state index contributed by atoms with van der Waals surface area (Å²) < 4.78 is 5.91. The van der Waals surface area contributed by atoms with Crippen LogP contribution in [0.25, 0.3) is 16.1 Å². The lowest BCUT2D eigenvalue weighted by Gasteiger charge is -2.35. The van der Waals surface area contributed by atoms with Crippen LogP contribution in [0.1, 0.15) is 71.7 Å². The Morgan fingerprint density at radius 3 is 2.68 bits per heavy atom. The Morgan fingerprint density at radius 2 is 1.94 bits per heavy atom. The second-order valence-corrected chi connectivity index (χ2v) is 19.0. The smallest absolute Gasteiger partial charge is 0.272 e. The third kappa shape index (κ3) is 10.5. The van der Waals surface area contributed by atoms with E-state index >= 15 is 0 Å². The lowest BCUT2D eigenvalue weighted by Crippen LogP contribution is -2.49. The fourth-order valence-corrected chi connectivity index (χ4v) is 10.5. The van der Waals surface area contributed by atoms with Crippen LogP contribution in [0.15, 0.2) is 76.9 Å². The molecule has 3 fully saturated rings. The maximum Gasteiger partial charge on any atom is 0.272 e. The van der Waals surface area contributed by atoms with Crippen molar-refractivity contribution in [2.45, 2.75) is 77.4 Å². The zero-order valence-corrected chi connectivity index (χ0v) is 39.1. The lowest BCUT2D eigenvalue weighted by molar-refractivity contribution is -0.137. The number of carbonyl (C=O) groups is 3. The van der Waals surface area contributed by atoms with Crippen LogP contribution in [-0.2, 0) is 27.5 Å². The van der Waals surface area contributed by atoms with E-state index in [0.717, 1.165) is 85.2 Å². The van der Waals surface area contributed by atoms with Crippen LogP contribution < -0.4 is 21.7 Å². The number of allylic oxidation sites excluding steroid dienone is 1. The van der Waals surface area contributed by atoms with E-state index in [4.69, 9.17) is 27.3 Å². The predicted molar refractivity (Wildman–Crippen MR) is 255 cm³/mol. The molecule has 0 radical (unpaired) electrons. The zero-order chi connectivity index (χ0) is 46.4. The highest BCUT2D eigenvalue weighted by Gasteiger charge is 2.62. The van der Waals surface area contributed by atoms with Gasteiger partial charge in [0, 0.05) is 87.5 Å². The van der Waals surface area contributed by atoms with Gasteiger partial charge in [-0.25, -0.2) is 4.98 Å². The van der Waals surface area contributed by atoms with Gasteiger partial charge in [-0.2, -0.15) is 10.4 Å². The molecule has 2 aromatic carbocycles.